The summed E-state index contributed by atoms with van der Waals surface area (Å²) in [5, 5.41) is 0. The van der Waals surface area contributed by atoms with Crippen LogP contribution in [0.5, 0.6) is 0 Å². The summed E-state index contributed by atoms with van der Waals surface area (Å²) in [6, 6.07) is 11.8. The summed E-state index contributed by atoms with van der Waals surface area (Å²) in [6.45, 7) is 0. The van der Waals surface area contributed by atoms with Crippen LogP contribution in [0.25, 0.3) is 11.0 Å². The average Bonchev–Trinajstić information content (AvgIpc) is 2.95. The number of benzene rings is 2. The maximum Gasteiger partial charge on any atom is 0.264 e. The Balaban J connectivity index is 2.02. The van der Waals surface area contributed by atoms with Gasteiger partial charge in [0.05, 0.1) is 11.7 Å². The molecule has 0 amide bonds. The first-order valence-electron chi connectivity index (χ1n) is 5.99. The molecule has 1 heterocycles. The predicted molar refractivity (Wildman–Crippen MR) is 84.2 cm³/mol. The molecule has 3 aromatic rings. The van der Waals surface area contributed by atoms with Gasteiger partial charge in [0, 0.05) is 11.6 Å². The van der Waals surface area contributed by atoms with Crippen LogP contribution in [0.1, 0.15) is 5.56 Å². The van der Waals surface area contributed by atoms with Gasteiger partial charge >= 0.3 is 0 Å². The average molecular weight is 340 g/mol. The maximum atomic E-state index is 12.5. The first kappa shape index (κ1) is 14.2. The third-order valence-corrected chi connectivity index (χ3v) is 5.14. The monoisotopic (exact) mass is 339 g/mol. The zero-order chi connectivity index (χ0) is 14.9. The SMILES string of the molecule is O=S(=O)(Nc1cccc(CCl)c1)c1cccc2nsnc12. The van der Waals surface area contributed by atoms with Crippen molar-refractivity contribution in [2.75, 3.05) is 4.72 Å². The lowest BCUT2D eigenvalue weighted by molar-refractivity contribution is 0.602. The minimum atomic E-state index is -3.72. The van der Waals surface area contributed by atoms with E-state index in [0.29, 0.717) is 22.6 Å². The second kappa shape index (κ2) is 5.59. The third-order valence-electron chi connectivity index (χ3n) is 2.87. The topological polar surface area (TPSA) is 72.0 Å². The highest BCUT2D eigenvalue weighted by Gasteiger charge is 2.19. The van der Waals surface area contributed by atoms with Crippen molar-refractivity contribution < 1.29 is 8.42 Å². The van der Waals surface area contributed by atoms with Gasteiger partial charge in [-0.25, -0.2) is 8.42 Å². The third kappa shape index (κ3) is 2.85. The highest BCUT2D eigenvalue weighted by Crippen LogP contribution is 2.24. The molecular weight excluding hydrogens is 330 g/mol. The molecule has 0 bridgehead atoms. The van der Waals surface area contributed by atoms with E-state index in [1.807, 2.05) is 6.07 Å². The number of nitrogens with zero attached hydrogens (tertiary/aromatic N) is 2. The summed E-state index contributed by atoms with van der Waals surface area (Å²) in [6.07, 6.45) is 0. The number of hydrogen-bond acceptors (Lipinski definition) is 5. The Hall–Kier alpha value is -1.70. The van der Waals surface area contributed by atoms with Crippen LogP contribution in [0, 0.1) is 0 Å². The molecule has 1 N–H and O–H groups in total. The van der Waals surface area contributed by atoms with Crippen molar-refractivity contribution in [1.29, 1.82) is 0 Å². The Bertz CT molecular complexity index is 893. The van der Waals surface area contributed by atoms with E-state index in [0.717, 1.165) is 17.3 Å². The van der Waals surface area contributed by atoms with Crippen LogP contribution >= 0.6 is 23.3 Å². The van der Waals surface area contributed by atoms with E-state index < -0.39 is 10.0 Å². The lowest BCUT2D eigenvalue weighted by Gasteiger charge is -2.09. The molecule has 1 aromatic heterocycles. The Morgan fingerprint density at radius 3 is 2.76 bits per heavy atom. The van der Waals surface area contributed by atoms with Gasteiger partial charge in [0.15, 0.2) is 0 Å². The Morgan fingerprint density at radius 2 is 1.95 bits per heavy atom. The molecule has 0 spiro atoms. The van der Waals surface area contributed by atoms with E-state index in [-0.39, 0.29) is 4.90 Å². The van der Waals surface area contributed by atoms with Crippen LogP contribution in [-0.4, -0.2) is 17.2 Å². The molecule has 0 saturated carbocycles. The van der Waals surface area contributed by atoms with Gasteiger partial charge in [-0.15, -0.1) is 11.6 Å². The summed E-state index contributed by atoms with van der Waals surface area (Å²) < 4.78 is 35.7. The zero-order valence-electron chi connectivity index (χ0n) is 10.7. The quantitative estimate of drug-likeness (QED) is 0.741. The van der Waals surface area contributed by atoms with Crippen LogP contribution < -0.4 is 4.72 Å². The molecule has 0 aliphatic rings. The second-order valence-electron chi connectivity index (χ2n) is 4.33. The molecule has 108 valence electrons. The molecule has 0 fully saturated rings. The van der Waals surface area contributed by atoms with Crippen LogP contribution in [0.4, 0.5) is 5.69 Å². The number of anilines is 1. The first-order chi connectivity index (χ1) is 10.1. The van der Waals surface area contributed by atoms with Crippen molar-refractivity contribution in [3.05, 3.63) is 48.0 Å². The fourth-order valence-corrected chi connectivity index (χ4v) is 3.91. The number of halogens is 1. The Morgan fingerprint density at radius 1 is 1.14 bits per heavy atom. The normalized spacial score (nSPS) is 11.7. The van der Waals surface area contributed by atoms with E-state index in [1.54, 1.807) is 30.3 Å². The van der Waals surface area contributed by atoms with E-state index in [2.05, 4.69) is 13.5 Å². The molecule has 0 aliphatic heterocycles. The fraction of sp³-hybridized carbons (Fsp3) is 0.0769. The van der Waals surface area contributed by atoms with Crippen LogP contribution in [0.3, 0.4) is 0 Å². The maximum absolute atomic E-state index is 12.5. The smallest absolute Gasteiger partial charge is 0.264 e. The summed E-state index contributed by atoms with van der Waals surface area (Å²) >= 11 is 6.74. The molecule has 5 nitrogen and oxygen atoms in total. The number of hydrogen-bond donors (Lipinski definition) is 1. The van der Waals surface area contributed by atoms with E-state index in [9.17, 15) is 8.42 Å². The van der Waals surface area contributed by atoms with Crippen molar-refractivity contribution in [3.63, 3.8) is 0 Å². The van der Waals surface area contributed by atoms with Crippen molar-refractivity contribution in [2.24, 2.45) is 0 Å². The summed E-state index contributed by atoms with van der Waals surface area (Å²) in [5.41, 5.74) is 2.25. The van der Waals surface area contributed by atoms with Gasteiger partial charge in [0.2, 0.25) is 0 Å². The van der Waals surface area contributed by atoms with Gasteiger partial charge in [-0.1, -0.05) is 18.2 Å². The number of fused-ring (bicyclic) bond motifs is 1. The number of sulfonamides is 1. The molecule has 0 atom stereocenters. The van der Waals surface area contributed by atoms with Crippen molar-refractivity contribution in [1.82, 2.24) is 8.75 Å². The number of rotatable bonds is 4. The Labute approximate surface area is 131 Å². The highest BCUT2D eigenvalue weighted by atomic mass is 35.5. The van der Waals surface area contributed by atoms with E-state index in [1.165, 1.54) is 6.07 Å². The molecular formula is C13H10ClN3O2S2. The number of alkyl halides is 1. The van der Waals surface area contributed by atoms with Crippen molar-refractivity contribution in [2.45, 2.75) is 10.8 Å². The van der Waals surface area contributed by atoms with Gasteiger partial charge in [-0.05, 0) is 29.8 Å². The van der Waals surface area contributed by atoms with Gasteiger partial charge in [0.1, 0.15) is 15.9 Å². The molecule has 0 unspecified atom stereocenters. The lowest BCUT2D eigenvalue weighted by Crippen LogP contribution is -2.13. The van der Waals surface area contributed by atoms with E-state index in [4.69, 9.17) is 11.6 Å². The molecule has 0 saturated heterocycles. The largest absolute Gasteiger partial charge is 0.280 e. The van der Waals surface area contributed by atoms with Gasteiger partial charge in [-0.3, -0.25) is 4.72 Å². The van der Waals surface area contributed by atoms with Gasteiger partial charge in [0.25, 0.3) is 10.0 Å². The molecule has 3 rings (SSSR count). The molecule has 8 heteroatoms. The first-order valence-corrected chi connectivity index (χ1v) is 8.74. The zero-order valence-corrected chi connectivity index (χ0v) is 13.0. The van der Waals surface area contributed by atoms with Gasteiger partial charge in [-0.2, -0.15) is 8.75 Å². The minimum absolute atomic E-state index is 0.116. The summed E-state index contributed by atoms with van der Waals surface area (Å²) in [4.78, 5) is 0.116. The second-order valence-corrected chi connectivity index (χ2v) is 6.77. The van der Waals surface area contributed by atoms with Crippen molar-refractivity contribution >= 4 is 50.1 Å². The van der Waals surface area contributed by atoms with Crippen LogP contribution in [0.15, 0.2) is 47.4 Å². The van der Waals surface area contributed by atoms with Crippen LogP contribution in [-0.2, 0) is 15.9 Å². The number of nitrogens with one attached hydrogen (secondary N) is 1. The summed E-state index contributed by atoms with van der Waals surface area (Å²) in [5.74, 6) is 0.321. The molecule has 2 aromatic carbocycles. The molecule has 0 aliphatic carbocycles. The minimum Gasteiger partial charge on any atom is -0.280 e. The number of aromatic nitrogens is 2. The highest BCUT2D eigenvalue weighted by molar-refractivity contribution is 7.93. The predicted octanol–water partition coefficient (Wildman–Crippen LogP) is 3.23. The molecule has 21 heavy (non-hydrogen) atoms. The molecule has 0 radical (unpaired) electrons. The van der Waals surface area contributed by atoms with Gasteiger partial charge < -0.3 is 0 Å². The summed E-state index contributed by atoms with van der Waals surface area (Å²) in [7, 11) is -3.72. The van der Waals surface area contributed by atoms with Crippen molar-refractivity contribution in [3.8, 4) is 0 Å². The van der Waals surface area contributed by atoms with Crippen LogP contribution in [0.2, 0.25) is 0 Å². The van der Waals surface area contributed by atoms with E-state index >= 15 is 0 Å². The fourth-order valence-electron chi connectivity index (χ4n) is 1.93. The standard InChI is InChI=1S/C13H10ClN3O2S2/c14-8-9-3-1-4-10(7-9)17-21(18,19)12-6-2-5-11-13(12)16-20-15-11/h1-7,17H,8H2. The Kier molecular flexibility index (Phi) is 3.79. The lowest BCUT2D eigenvalue weighted by atomic mass is 10.2.